The lowest BCUT2D eigenvalue weighted by atomic mass is 10.0. The molecule has 0 fully saturated rings. The molecule has 1 atom stereocenters. The minimum Gasteiger partial charge on any atom is -0.377 e. The number of thiophene rings is 1. The number of rotatable bonds is 4. The van der Waals surface area contributed by atoms with Crippen molar-refractivity contribution in [1.29, 1.82) is 0 Å². The van der Waals surface area contributed by atoms with Crippen LogP contribution in [0.5, 0.6) is 0 Å². The first-order valence-electron chi connectivity index (χ1n) is 6.45. The fourth-order valence-electron chi connectivity index (χ4n) is 2.05. The summed E-state index contributed by atoms with van der Waals surface area (Å²) in [6, 6.07) is 8.16. The molecule has 1 N–H and O–H groups in total. The highest BCUT2D eigenvalue weighted by molar-refractivity contribution is 9.10. The second-order valence-corrected chi connectivity index (χ2v) is 6.91. The number of anilines is 1. The fraction of sp³-hybridized carbons (Fsp3) is 0.333. The van der Waals surface area contributed by atoms with Gasteiger partial charge in [-0.1, -0.05) is 35.8 Å². The Labute approximate surface area is 134 Å². The van der Waals surface area contributed by atoms with Gasteiger partial charge in [-0.25, -0.2) is 0 Å². The highest BCUT2D eigenvalue weighted by Crippen LogP contribution is 2.38. The topological polar surface area (TPSA) is 12.0 Å². The van der Waals surface area contributed by atoms with Gasteiger partial charge in [0.1, 0.15) is 0 Å². The van der Waals surface area contributed by atoms with E-state index in [1.165, 1.54) is 6.07 Å². The third-order valence-corrected chi connectivity index (χ3v) is 4.76. The Morgan fingerprint density at radius 3 is 2.43 bits per heavy atom. The Balaban J connectivity index is 2.30. The first-order valence-corrected chi connectivity index (χ1v) is 8.13. The molecule has 2 aromatic rings. The van der Waals surface area contributed by atoms with Gasteiger partial charge in [0.05, 0.1) is 11.6 Å². The summed E-state index contributed by atoms with van der Waals surface area (Å²) in [5, 5.41) is 5.18. The molecule has 0 spiro atoms. The molecule has 0 aliphatic carbocycles. The Kier molecular flexibility index (Phi) is 4.99. The first-order chi connectivity index (χ1) is 9.79. The summed E-state index contributed by atoms with van der Waals surface area (Å²) < 4.78 is 38.9. The number of benzene rings is 1. The van der Waals surface area contributed by atoms with Crippen LogP contribution >= 0.6 is 27.3 Å². The summed E-state index contributed by atoms with van der Waals surface area (Å²) in [5.41, 5.74) is -0.196. The maximum atomic E-state index is 12.9. The largest absolute Gasteiger partial charge is 0.417 e. The summed E-state index contributed by atoms with van der Waals surface area (Å²) in [6.45, 7) is 4.09. The number of hydrogen-bond acceptors (Lipinski definition) is 2. The predicted molar refractivity (Wildman–Crippen MR) is 84.7 cm³/mol. The van der Waals surface area contributed by atoms with Gasteiger partial charge < -0.3 is 5.32 Å². The van der Waals surface area contributed by atoms with Crippen LogP contribution in [0.3, 0.4) is 0 Å². The van der Waals surface area contributed by atoms with Gasteiger partial charge in [0.15, 0.2) is 0 Å². The molecule has 0 saturated carbocycles. The van der Waals surface area contributed by atoms with Gasteiger partial charge in [-0.05, 0) is 35.6 Å². The summed E-state index contributed by atoms with van der Waals surface area (Å²) in [4.78, 5) is 1.11. The van der Waals surface area contributed by atoms with Crippen molar-refractivity contribution in [2.24, 2.45) is 5.92 Å². The van der Waals surface area contributed by atoms with Crippen LogP contribution in [0.15, 0.2) is 40.2 Å². The van der Waals surface area contributed by atoms with Crippen molar-refractivity contribution >= 4 is 33.0 Å². The van der Waals surface area contributed by atoms with Crippen molar-refractivity contribution in [1.82, 2.24) is 0 Å². The molecule has 1 heterocycles. The van der Waals surface area contributed by atoms with E-state index in [-0.39, 0.29) is 16.4 Å². The third-order valence-electron chi connectivity index (χ3n) is 3.11. The molecule has 0 aliphatic rings. The van der Waals surface area contributed by atoms with Crippen molar-refractivity contribution in [3.8, 4) is 0 Å². The maximum absolute atomic E-state index is 12.9. The van der Waals surface area contributed by atoms with E-state index in [1.54, 1.807) is 17.4 Å². The molecule has 0 amide bonds. The van der Waals surface area contributed by atoms with E-state index in [1.807, 2.05) is 31.4 Å². The van der Waals surface area contributed by atoms with Crippen LogP contribution in [-0.4, -0.2) is 0 Å². The molecule has 6 heteroatoms. The van der Waals surface area contributed by atoms with Crippen LogP contribution < -0.4 is 5.32 Å². The minimum absolute atomic E-state index is 0.00717. The zero-order valence-electron chi connectivity index (χ0n) is 11.5. The van der Waals surface area contributed by atoms with Gasteiger partial charge in [0, 0.05) is 15.0 Å². The normalized spacial score (nSPS) is 13.5. The molecular formula is C15H15BrF3NS. The molecule has 0 bridgehead atoms. The van der Waals surface area contributed by atoms with Gasteiger partial charge >= 0.3 is 6.18 Å². The molecule has 21 heavy (non-hydrogen) atoms. The van der Waals surface area contributed by atoms with Crippen LogP contribution in [0.4, 0.5) is 18.9 Å². The van der Waals surface area contributed by atoms with Crippen molar-refractivity contribution in [3.05, 3.63) is 50.6 Å². The minimum atomic E-state index is -4.37. The molecule has 1 unspecified atom stereocenters. The summed E-state index contributed by atoms with van der Waals surface area (Å²) in [5.74, 6) is 0.265. The first kappa shape index (κ1) is 16.4. The fourth-order valence-corrected chi connectivity index (χ4v) is 3.47. The van der Waals surface area contributed by atoms with E-state index in [9.17, 15) is 13.2 Å². The summed E-state index contributed by atoms with van der Waals surface area (Å²) >= 11 is 4.55. The molecule has 2 rings (SSSR count). The van der Waals surface area contributed by atoms with E-state index in [0.717, 1.165) is 10.9 Å². The van der Waals surface area contributed by atoms with E-state index >= 15 is 0 Å². The molecule has 114 valence electrons. The van der Waals surface area contributed by atoms with E-state index in [4.69, 9.17) is 0 Å². The highest BCUT2D eigenvalue weighted by atomic mass is 79.9. The smallest absolute Gasteiger partial charge is 0.377 e. The second-order valence-electron chi connectivity index (χ2n) is 5.07. The predicted octanol–water partition coefficient (Wildman–Crippen LogP) is 6.34. The van der Waals surface area contributed by atoms with Gasteiger partial charge in [0.2, 0.25) is 0 Å². The van der Waals surface area contributed by atoms with E-state index in [2.05, 4.69) is 21.2 Å². The number of hydrogen-bond donors (Lipinski definition) is 1. The summed E-state index contributed by atoms with van der Waals surface area (Å²) in [7, 11) is 0. The van der Waals surface area contributed by atoms with Crippen molar-refractivity contribution < 1.29 is 13.2 Å². The van der Waals surface area contributed by atoms with Crippen molar-refractivity contribution in [2.75, 3.05) is 5.32 Å². The Bertz CT molecular complexity index is 593. The zero-order chi connectivity index (χ0) is 15.6. The van der Waals surface area contributed by atoms with E-state index in [0.29, 0.717) is 5.69 Å². The quantitative estimate of drug-likeness (QED) is 0.655. The maximum Gasteiger partial charge on any atom is 0.417 e. The molecule has 1 aromatic heterocycles. The van der Waals surface area contributed by atoms with Crippen LogP contribution in [-0.2, 0) is 6.18 Å². The van der Waals surface area contributed by atoms with Gasteiger partial charge in [-0.15, -0.1) is 11.3 Å². The summed E-state index contributed by atoms with van der Waals surface area (Å²) in [6.07, 6.45) is -4.37. The average Bonchev–Trinajstić information content (AvgIpc) is 2.89. The van der Waals surface area contributed by atoms with Crippen LogP contribution in [0.1, 0.15) is 30.3 Å². The second kappa shape index (κ2) is 6.40. The number of nitrogens with one attached hydrogen (secondary N) is 1. The lowest BCUT2D eigenvalue weighted by Gasteiger charge is -2.23. The molecule has 0 saturated heterocycles. The lowest BCUT2D eigenvalue weighted by molar-refractivity contribution is -0.138. The highest BCUT2D eigenvalue weighted by Gasteiger charge is 2.33. The van der Waals surface area contributed by atoms with Crippen LogP contribution in [0, 0.1) is 5.92 Å². The SMILES string of the molecule is CC(C)C(Nc1ccc(Br)c(C(F)(F)F)c1)c1cccs1. The van der Waals surface area contributed by atoms with Crippen LogP contribution in [0.2, 0.25) is 0 Å². The van der Waals surface area contributed by atoms with Crippen molar-refractivity contribution in [3.63, 3.8) is 0 Å². The standard InChI is InChI=1S/C15H15BrF3NS/c1-9(2)14(13-4-3-7-21-13)20-10-5-6-12(16)11(8-10)15(17,18)19/h3-9,14,20H,1-2H3. The molecule has 1 aromatic carbocycles. The Morgan fingerprint density at radius 2 is 1.90 bits per heavy atom. The Hall–Kier alpha value is -1.01. The van der Waals surface area contributed by atoms with Crippen LogP contribution in [0.25, 0.3) is 0 Å². The van der Waals surface area contributed by atoms with Gasteiger partial charge in [0.25, 0.3) is 0 Å². The van der Waals surface area contributed by atoms with Gasteiger partial charge in [-0.2, -0.15) is 13.2 Å². The average molecular weight is 378 g/mol. The zero-order valence-corrected chi connectivity index (χ0v) is 13.9. The van der Waals surface area contributed by atoms with Crippen molar-refractivity contribution in [2.45, 2.75) is 26.1 Å². The number of alkyl halides is 3. The molecule has 0 radical (unpaired) electrons. The molecule has 1 nitrogen and oxygen atoms in total. The monoisotopic (exact) mass is 377 g/mol. The Morgan fingerprint density at radius 1 is 1.19 bits per heavy atom. The van der Waals surface area contributed by atoms with Gasteiger partial charge in [-0.3, -0.25) is 0 Å². The lowest BCUT2D eigenvalue weighted by Crippen LogP contribution is -2.16. The molecule has 0 aliphatic heterocycles. The number of halogens is 4. The third kappa shape index (κ3) is 4.01. The molecular weight excluding hydrogens is 363 g/mol. The van der Waals surface area contributed by atoms with E-state index < -0.39 is 11.7 Å².